The molecular weight excluding hydrogens is 447 g/mol. The van der Waals surface area contributed by atoms with Gasteiger partial charge in [-0.15, -0.1) is 0 Å². The Balaban J connectivity index is 1.39. The molecule has 2 aromatic carbocycles. The summed E-state index contributed by atoms with van der Waals surface area (Å²) in [5.41, 5.74) is 3.43. The Morgan fingerprint density at radius 1 is 1.12 bits per heavy atom. The number of hydrogen-bond donors (Lipinski definition) is 0. The van der Waals surface area contributed by atoms with Crippen molar-refractivity contribution in [2.45, 2.75) is 6.10 Å². The zero-order valence-electron chi connectivity index (χ0n) is 18.6. The highest BCUT2D eigenvalue weighted by Crippen LogP contribution is 2.30. The minimum atomic E-state index is -0.514. The number of hydrogen-bond acceptors (Lipinski definition) is 7. The molecule has 0 aromatic heterocycles. The monoisotopic (exact) mass is 474 g/mol. The number of carbonyl (C=O) groups is 1. The van der Waals surface area contributed by atoms with E-state index in [4.69, 9.17) is 26.5 Å². The molecule has 2 aliphatic rings. The summed E-state index contributed by atoms with van der Waals surface area (Å²) in [6, 6.07) is 12.8. The average molecular weight is 475 g/mol. The first-order valence-corrected chi connectivity index (χ1v) is 11.2. The minimum absolute atomic E-state index is 0.292. The number of benzene rings is 2. The Bertz CT molecular complexity index is 1000. The largest absolute Gasteiger partial charge is 0.497 e. The number of ether oxygens (including phenoxy) is 2. The molecule has 0 bridgehead atoms. The number of rotatable bonds is 8. The van der Waals surface area contributed by atoms with Gasteiger partial charge in [-0.25, -0.2) is 14.2 Å². The van der Waals surface area contributed by atoms with Crippen molar-refractivity contribution in [3.8, 4) is 5.75 Å². The Morgan fingerprint density at radius 3 is 2.55 bits per heavy atom. The van der Waals surface area contributed by atoms with E-state index in [-0.39, 0.29) is 5.82 Å². The molecule has 2 heterocycles. The molecule has 0 spiro atoms. The van der Waals surface area contributed by atoms with Crippen molar-refractivity contribution in [1.82, 2.24) is 5.06 Å². The summed E-state index contributed by atoms with van der Waals surface area (Å²) in [6.07, 6.45) is -0.941. The number of anilines is 3. The SMILES string of the molecule is COc1cccc(N2CCN(c3ccc(N4C[C@H](CN(C=S)OC)OC4=O)cc3F)CC2)c1. The van der Waals surface area contributed by atoms with E-state index in [0.29, 0.717) is 37.6 Å². The van der Waals surface area contributed by atoms with Gasteiger partial charge in [0.25, 0.3) is 0 Å². The number of thiocarbonyl (C=S) groups is 1. The van der Waals surface area contributed by atoms with E-state index in [9.17, 15) is 4.79 Å². The van der Waals surface area contributed by atoms with E-state index in [0.717, 1.165) is 24.5 Å². The number of methoxy groups -OCH3 is 1. The van der Waals surface area contributed by atoms with E-state index in [1.54, 1.807) is 19.2 Å². The molecule has 1 amide bonds. The van der Waals surface area contributed by atoms with Gasteiger partial charge in [-0.2, -0.15) is 0 Å². The van der Waals surface area contributed by atoms with Gasteiger partial charge in [0.15, 0.2) is 0 Å². The molecular formula is C23H27FN4O4S. The number of hydroxylamine groups is 2. The zero-order chi connectivity index (χ0) is 23.4. The molecule has 0 aliphatic carbocycles. The highest BCUT2D eigenvalue weighted by molar-refractivity contribution is 7.78. The fourth-order valence-corrected chi connectivity index (χ4v) is 4.29. The van der Waals surface area contributed by atoms with E-state index in [1.807, 2.05) is 23.1 Å². The zero-order valence-corrected chi connectivity index (χ0v) is 19.5. The first kappa shape index (κ1) is 23.1. The van der Waals surface area contributed by atoms with Crippen molar-refractivity contribution in [3.63, 3.8) is 0 Å². The fraction of sp³-hybridized carbons (Fsp3) is 0.391. The van der Waals surface area contributed by atoms with Gasteiger partial charge in [-0.1, -0.05) is 18.3 Å². The van der Waals surface area contributed by atoms with Gasteiger partial charge in [-0.05, 0) is 30.3 Å². The van der Waals surface area contributed by atoms with Crippen LogP contribution < -0.4 is 19.4 Å². The van der Waals surface area contributed by atoms with Crippen LogP contribution in [0.5, 0.6) is 5.75 Å². The normalized spacial score (nSPS) is 18.3. The van der Waals surface area contributed by atoms with Crippen LogP contribution in [0.2, 0.25) is 0 Å². The predicted octanol–water partition coefficient (Wildman–Crippen LogP) is 3.31. The second-order valence-corrected chi connectivity index (χ2v) is 8.03. The highest BCUT2D eigenvalue weighted by Gasteiger charge is 2.34. The lowest BCUT2D eigenvalue weighted by molar-refractivity contribution is -0.0755. The third kappa shape index (κ3) is 5.12. The fourth-order valence-electron chi connectivity index (χ4n) is 4.12. The maximum atomic E-state index is 15.1. The topological polar surface area (TPSA) is 57.7 Å². The number of carbonyl (C=O) groups excluding carboxylic acids is 1. The number of nitrogens with zero attached hydrogens (tertiary/aromatic N) is 4. The molecule has 0 saturated carbocycles. The van der Waals surface area contributed by atoms with E-state index < -0.39 is 12.2 Å². The van der Waals surface area contributed by atoms with Crippen LogP contribution in [0.15, 0.2) is 42.5 Å². The van der Waals surface area contributed by atoms with Crippen molar-refractivity contribution in [2.75, 3.05) is 68.2 Å². The first-order valence-electron chi connectivity index (χ1n) is 10.7. The summed E-state index contributed by atoms with van der Waals surface area (Å²) in [7, 11) is 3.14. The molecule has 33 heavy (non-hydrogen) atoms. The van der Waals surface area contributed by atoms with Crippen molar-refractivity contribution < 1.29 is 23.5 Å². The summed E-state index contributed by atoms with van der Waals surface area (Å²) < 4.78 is 25.7. The molecule has 8 nitrogen and oxygen atoms in total. The van der Waals surface area contributed by atoms with Crippen LogP contribution in [0.4, 0.5) is 26.2 Å². The molecule has 2 fully saturated rings. The Morgan fingerprint density at radius 2 is 1.88 bits per heavy atom. The molecule has 0 unspecified atom stereocenters. The Kier molecular flexibility index (Phi) is 7.14. The van der Waals surface area contributed by atoms with Crippen LogP contribution in [0.25, 0.3) is 0 Å². The van der Waals surface area contributed by atoms with Gasteiger partial charge < -0.3 is 19.3 Å². The molecule has 176 valence electrons. The van der Waals surface area contributed by atoms with E-state index in [2.05, 4.69) is 11.0 Å². The summed E-state index contributed by atoms with van der Waals surface area (Å²) in [5, 5.41) is 1.41. The summed E-state index contributed by atoms with van der Waals surface area (Å²) in [6.45, 7) is 3.51. The van der Waals surface area contributed by atoms with Gasteiger partial charge in [0.05, 0.1) is 44.2 Å². The van der Waals surface area contributed by atoms with Crippen LogP contribution in [-0.4, -0.2) is 76.2 Å². The van der Waals surface area contributed by atoms with Crippen molar-refractivity contribution in [1.29, 1.82) is 0 Å². The average Bonchev–Trinajstić information content (AvgIpc) is 3.22. The van der Waals surface area contributed by atoms with Crippen LogP contribution in [0.1, 0.15) is 0 Å². The Hall–Kier alpha value is -3.11. The molecule has 0 N–H and O–H groups in total. The standard InChI is InChI=1S/C23H27FN4O4S/c1-30-19-5-3-4-17(12-19)25-8-10-26(11-9-25)22-7-6-18(13-21(22)24)28-15-20(32-23(28)29)14-27(16-33)31-2/h3-7,12-13,16,20H,8-11,14-15H2,1-2H3/t20-/m0/s1. The van der Waals surface area contributed by atoms with Gasteiger partial charge in [-0.3, -0.25) is 9.74 Å². The lowest BCUT2D eigenvalue weighted by atomic mass is 10.2. The van der Waals surface area contributed by atoms with Gasteiger partial charge in [0, 0.05) is 37.9 Å². The molecule has 1 atom stereocenters. The third-order valence-electron chi connectivity index (χ3n) is 5.89. The minimum Gasteiger partial charge on any atom is -0.497 e. The summed E-state index contributed by atoms with van der Waals surface area (Å²) >= 11 is 4.86. The van der Waals surface area contributed by atoms with E-state index >= 15 is 4.39 Å². The van der Waals surface area contributed by atoms with Crippen molar-refractivity contribution in [2.24, 2.45) is 0 Å². The third-order valence-corrected chi connectivity index (χ3v) is 6.13. The first-order chi connectivity index (χ1) is 16.0. The predicted molar refractivity (Wildman–Crippen MR) is 129 cm³/mol. The number of amides is 1. The molecule has 4 rings (SSSR count). The maximum absolute atomic E-state index is 15.1. The quantitative estimate of drug-likeness (QED) is 0.427. The smallest absolute Gasteiger partial charge is 0.414 e. The van der Waals surface area contributed by atoms with Gasteiger partial charge in [0.1, 0.15) is 17.7 Å². The molecule has 2 aliphatic heterocycles. The summed E-state index contributed by atoms with van der Waals surface area (Å²) in [5.74, 6) is 0.451. The van der Waals surface area contributed by atoms with Crippen LogP contribution in [0.3, 0.4) is 0 Å². The molecule has 10 heteroatoms. The van der Waals surface area contributed by atoms with Crippen LogP contribution >= 0.6 is 12.2 Å². The van der Waals surface area contributed by atoms with Crippen molar-refractivity contribution >= 4 is 40.9 Å². The maximum Gasteiger partial charge on any atom is 0.414 e. The van der Waals surface area contributed by atoms with Crippen LogP contribution in [-0.2, 0) is 9.57 Å². The van der Waals surface area contributed by atoms with Gasteiger partial charge >= 0.3 is 6.09 Å². The highest BCUT2D eigenvalue weighted by atomic mass is 32.1. The summed E-state index contributed by atoms with van der Waals surface area (Å²) in [4.78, 5) is 23.1. The van der Waals surface area contributed by atoms with Crippen LogP contribution in [0, 0.1) is 5.82 Å². The lowest BCUT2D eigenvalue weighted by Crippen LogP contribution is -2.46. The van der Waals surface area contributed by atoms with Crippen molar-refractivity contribution in [3.05, 3.63) is 48.3 Å². The molecule has 2 saturated heterocycles. The van der Waals surface area contributed by atoms with E-state index in [1.165, 1.54) is 28.6 Å². The number of piperazine rings is 1. The lowest BCUT2D eigenvalue weighted by Gasteiger charge is -2.37. The molecule has 0 radical (unpaired) electrons. The van der Waals surface area contributed by atoms with Gasteiger partial charge in [0.2, 0.25) is 0 Å². The second kappa shape index (κ2) is 10.2. The second-order valence-electron chi connectivity index (χ2n) is 7.82. The number of halogens is 1. The molecule has 2 aromatic rings. The number of cyclic esters (lactones) is 1. The Labute approximate surface area is 198 Å².